The monoisotopic (exact) mass is 396 g/mol. The first-order valence-corrected chi connectivity index (χ1v) is 9.40. The number of ether oxygens (including phenoxy) is 1. The van der Waals surface area contributed by atoms with Crippen molar-refractivity contribution in [2.45, 2.75) is 24.3 Å². The summed E-state index contributed by atoms with van der Waals surface area (Å²) in [6, 6.07) is 9.93. The van der Waals surface area contributed by atoms with Gasteiger partial charge in [0.1, 0.15) is 6.04 Å². The van der Waals surface area contributed by atoms with Crippen LogP contribution in [0.3, 0.4) is 0 Å². The number of nitro groups is 1. The second-order valence-corrected chi connectivity index (χ2v) is 7.14. The summed E-state index contributed by atoms with van der Waals surface area (Å²) in [6.07, 6.45) is -0.0397. The molecule has 0 spiro atoms. The summed E-state index contributed by atoms with van der Waals surface area (Å²) in [5, 5.41) is 11.1. The molecule has 0 aliphatic carbocycles. The van der Waals surface area contributed by atoms with E-state index in [4.69, 9.17) is 4.74 Å². The highest BCUT2D eigenvalue weighted by atomic mass is 32.2. The number of nitro benzene ring substituents is 1. The van der Waals surface area contributed by atoms with Gasteiger partial charge < -0.3 is 4.74 Å². The third-order valence-electron chi connectivity index (χ3n) is 3.57. The summed E-state index contributed by atoms with van der Waals surface area (Å²) in [6.45, 7) is 1.58. The van der Waals surface area contributed by atoms with E-state index < -0.39 is 43.4 Å². The molecule has 10 heteroatoms. The second-order valence-electron chi connectivity index (χ2n) is 5.46. The minimum atomic E-state index is -4.57. The van der Waals surface area contributed by atoms with Crippen molar-refractivity contribution in [3.05, 3.63) is 70.0 Å². The van der Waals surface area contributed by atoms with Crippen LogP contribution < -0.4 is 4.72 Å². The van der Waals surface area contributed by atoms with Crippen LogP contribution in [-0.4, -0.2) is 32.0 Å². The Morgan fingerprint density at radius 3 is 2.48 bits per heavy atom. The molecule has 27 heavy (non-hydrogen) atoms. The average Bonchev–Trinajstić information content (AvgIpc) is 2.61. The van der Waals surface area contributed by atoms with Crippen LogP contribution in [0.5, 0.6) is 0 Å². The summed E-state index contributed by atoms with van der Waals surface area (Å²) in [5.74, 6) is -2.14. The molecule has 0 radical (unpaired) electrons. The number of halogens is 1. The standard InChI is InChI=1S/C17H17FN2O6S/c1-2-26-17(21)14(11-12-7-4-3-5-8-12)19-27(24,25)15-10-6-9-13(18)16(15)20(22)23/h3-10,14,19H,2,11H2,1H3/t14-/m0/s1. The maximum Gasteiger partial charge on any atom is 0.324 e. The van der Waals surface area contributed by atoms with Crippen LogP contribution in [0.15, 0.2) is 53.4 Å². The van der Waals surface area contributed by atoms with Gasteiger partial charge in [0.15, 0.2) is 4.90 Å². The Labute approximate surface area is 155 Å². The van der Waals surface area contributed by atoms with Gasteiger partial charge in [0.25, 0.3) is 0 Å². The zero-order valence-corrected chi connectivity index (χ0v) is 15.1. The Morgan fingerprint density at radius 1 is 1.22 bits per heavy atom. The largest absolute Gasteiger partial charge is 0.465 e. The summed E-state index contributed by atoms with van der Waals surface area (Å²) >= 11 is 0. The van der Waals surface area contributed by atoms with Crippen LogP contribution in [-0.2, 0) is 26.0 Å². The van der Waals surface area contributed by atoms with E-state index >= 15 is 0 Å². The summed E-state index contributed by atoms with van der Waals surface area (Å²) in [7, 11) is -4.57. The quantitative estimate of drug-likeness (QED) is 0.415. The minimum absolute atomic E-state index is 0.0198. The molecule has 0 aliphatic rings. The third kappa shape index (κ3) is 5.08. The van der Waals surface area contributed by atoms with Crippen LogP contribution in [0.1, 0.15) is 12.5 Å². The lowest BCUT2D eigenvalue weighted by atomic mass is 10.1. The number of para-hydroxylation sites is 1. The molecule has 2 aromatic carbocycles. The maximum absolute atomic E-state index is 13.8. The number of rotatable bonds is 8. The molecule has 1 N–H and O–H groups in total. The fourth-order valence-corrected chi connectivity index (χ4v) is 3.77. The number of benzene rings is 2. The van der Waals surface area contributed by atoms with E-state index in [2.05, 4.69) is 4.72 Å². The predicted octanol–water partition coefficient (Wildman–Crippen LogP) is 2.19. The van der Waals surface area contributed by atoms with Crippen LogP contribution in [0.4, 0.5) is 10.1 Å². The van der Waals surface area contributed by atoms with Crippen molar-refractivity contribution >= 4 is 21.7 Å². The smallest absolute Gasteiger partial charge is 0.324 e. The topological polar surface area (TPSA) is 116 Å². The molecule has 0 saturated carbocycles. The Bertz CT molecular complexity index is 934. The number of sulfonamides is 1. The van der Waals surface area contributed by atoms with Crippen LogP contribution in [0.2, 0.25) is 0 Å². The molecule has 0 amide bonds. The Hall–Kier alpha value is -2.85. The van der Waals surface area contributed by atoms with Crippen molar-refractivity contribution in [1.82, 2.24) is 4.72 Å². The molecule has 2 rings (SSSR count). The molecular formula is C17H17FN2O6S. The first-order valence-electron chi connectivity index (χ1n) is 7.92. The second kappa shape index (κ2) is 8.69. The SMILES string of the molecule is CCOC(=O)[C@H](Cc1ccccc1)NS(=O)(=O)c1cccc(F)c1[N+](=O)[O-]. The Kier molecular flexibility index (Phi) is 6.59. The molecule has 0 aliphatic heterocycles. The van der Waals surface area contributed by atoms with Gasteiger partial charge in [-0.3, -0.25) is 14.9 Å². The van der Waals surface area contributed by atoms with E-state index in [-0.39, 0.29) is 13.0 Å². The lowest BCUT2D eigenvalue weighted by Gasteiger charge is -2.17. The van der Waals surface area contributed by atoms with Crippen molar-refractivity contribution in [2.24, 2.45) is 0 Å². The fraction of sp³-hybridized carbons (Fsp3) is 0.235. The fourth-order valence-electron chi connectivity index (χ4n) is 2.41. The zero-order chi connectivity index (χ0) is 20.0. The molecule has 1 atom stereocenters. The third-order valence-corrected chi connectivity index (χ3v) is 5.08. The number of nitrogens with one attached hydrogen (secondary N) is 1. The van der Waals surface area contributed by atoms with Gasteiger partial charge in [0, 0.05) is 0 Å². The highest BCUT2D eigenvalue weighted by Crippen LogP contribution is 2.27. The van der Waals surface area contributed by atoms with Gasteiger partial charge in [-0.15, -0.1) is 0 Å². The molecule has 0 aromatic heterocycles. The highest BCUT2D eigenvalue weighted by molar-refractivity contribution is 7.89. The number of esters is 1. The van der Waals surface area contributed by atoms with Crippen molar-refractivity contribution in [2.75, 3.05) is 6.61 Å². The summed E-state index contributed by atoms with van der Waals surface area (Å²) in [5.41, 5.74) is -0.542. The van der Waals surface area contributed by atoms with Gasteiger partial charge in [-0.1, -0.05) is 36.4 Å². The van der Waals surface area contributed by atoms with Crippen molar-refractivity contribution in [3.63, 3.8) is 0 Å². The van der Waals surface area contributed by atoms with Gasteiger partial charge in [0.05, 0.1) is 11.5 Å². The number of nitrogens with zero attached hydrogens (tertiary/aromatic N) is 1. The van der Waals surface area contributed by atoms with E-state index in [1.807, 2.05) is 0 Å². The molecule has 0 saturated heterocycles. The molecule has 0 unspecified atom stereocenters. The average molecular weight is 396 g/mol. The molecular weight excluding hydrogens is 379 g/mol. The lowest BCUT2D eigenvalue weighted by molar-refractivity contribution is -0.390. The Balaban J connectivity index is 2.40. The maximum atomic E-state index is 13.8. The van der Waals surface area contributed by atoms with Gasteiger partial charge in [-0.2, -0.15) is 9.11 Å². The summed E-state index contributed by atoms with van der Waals surface area (Å²) < 4.78 is 46.0. The number of carbonyl (C=O) groups excluding carboxylic acids is 1. The zero-order valence-electron chi connectivity index (χ0n) is 14.3. The van der Waals surface area contributed by atoms with Crippen molar-refractivity contribution < 1.29 is 27.3 Å². The minimum Gasteiger partial charge on any atom is -0.465 e. The molecule has 144 valence electrons. The molecule has 0 bridgehead atoms. The molecule has 0 fully saturated rings. The van der Waals surface area contributed by atoms with E-state index in [0.29, 0.717) is 5.56 Å². The van der Waals surface area contributed by atoms with Crippen LogP contribution in [0, 0.1) is 15.9 Å². The van der Waals surface area contributed by atoms with Crippen LogP contribution >= 0.6 is 0 Å². The summed E-state index contributed by atoms with van der Waals surface area (Å²) in [4.78, 5) is 21.3. The van der Waals surface area contributed by atoms with Crippen molar-refractivity contribution in [1.29, 1.82) is 0 Å². The molecule has 0 heterocycles. The highest BCUT2D eigenvalue weighted by Gasteiger charge is 2.33. The normalized spacial score (nSPS) is 12.4. The Morgan fingerprint density at radius 2 is 1.89 bits per heavy atom. The first kappa shape index (κ1) is 20.5. The number of hydrogen-bond acceptors (Lipinski definition) is 6. The van der Waals surface area contributed by atoms with E-state index in [1.54, 1.807) is 37.3 Å². The van der Waals surface area contributed by atoms with E-state index in [0.717, 1.165) is 18.2 Å². The van der Waals surface area contributed by atoms with Gasteiger partial charge >= 0.3 is 11.7 Å². The molecule has 8 nitrogen and oxygen atoms in total. The predicted molar refractivity (Wildman–Crippen MR) is 93.9 cm³/mol. The lowest BCUT2D eigenvalue weighted by Crippen LogP contribution is -2.43. The van der Waals surface area contributed by atoms with E-state index in [1.165, 1.54) is 0 Å². The van der Waals surface area contributed by atoms with Gasteiger partial charge in [0.2, 0.25) is 15.8 Å². The van der Waals surface area contributed by atoms with Crippen molar-refractivity contribution in [3.8, 4) is 0 Å². The van der Waals surface area contributed by atoms with Gasteiger partial charge in [-0.05, 0) is 31.0 Å². The van der Waals surface area contributed by atoms with Gasteiger partial charge in [-0.25, -0.2) is 8.42 Å². The van der Waals surface area contributed by atoms with E-state index in [9.17, 15) is 27.7 Å². The van der Waals surface area contributed by atoms with Crippen LogP contribution in [0.25, 0.3) is 0 Å². The number of carbonyl (C=O) groups is 1. The number of hydrogen-bond donors (Lipinski definition) is 1. The first-order chi connectivity index (χ1) is 12.8. The molecule has 2 aromatic rings.